The van der Waals surface area contributed by atoms with Crippen LogP contribution >= 0.6 is 23.5 Å². The summed E-state index contributed by atoms with van der Waals surface area (Å²) in [6.45, 7) is 4.17. The Labute approximate surface area is 177 Å². The number of carbonyl (C=O) groups is 1. The Kier molecular flexibility index (Phi) is 7.86. The van der Waals surface area contributed by atoms with E-state index in [9.17, 15) is 4.79 Å². The number of nitrogens with zero attached hydrogens (tertiary/aromatic N) is 2. The molecule has 1 amide bonds. The van der Waals surface area contributed by atoms with Crippen molar-refractivity contribution in [2.45, 2.75) is 61.0 Å². The molecule has 1 saturated carbocycles. The van der Waals surface area contributed by atoms with Crippen molar-refractivity contribution in [3.8, 4) is 0 Å². The Morgan fingerprint density at radius 1 is 1.14 bits per heavy atom. The summed E-state index contributed by atoms with van der Waals surface area (Å²) in [4.78, 5) is 20.3. The van der Waals surface area contributed by atoms with E-state index in [1.165, 1.54) is 36.1 Å². The topological polar surface area (TPSA) is 33.2 Å². The predicted octanol–water partition coefficient (Wildman–Crippen LogP) is 5.75. The van der Waals surface area contributed by atoms with Gasteiger partial charge in [0, 0.05) is 28.6 Å². The van der Waals surface area contributed by atoms with Crippen molar-refractivity contribution in [1.82, 2.24) is 9.88 Å². The van der Waals surface area contributed by atoms with Gasteiger partial charge in [-0.1, -0.05) is 36.6 Å². The SMILES string of the molecule is Cc1ccc(SC2CCCCC2SCC(=O)N(C)C(C)c2ccccn2)cc1. The molecular formula is C23H30N2OS2. The molecule has 1 aliphatic rings. The molecule has 0 spiro atoms. The average molecular weight is 415 g/mol. The van der Waals surface area contributed by atoms with Crippen LogP contribution in [0.1, 0.15) is 49.9 Å². The molecule has 0 N–H and O–H groups in total. The van der Waals surface area contributed by atoms with Crippen molar-refractivity contribution < 1.29 is 4.79 Å². The summed E-state index contributed by atoms with van der Waals surface area (Å²) in [6.07, 6.45) is 6.81. The fraction of sp³-hybridized carbons (Fsp3) is 0.478. The number of carbonyl (C=O) groups excluding carboxylic acids is 1. The van der Waals surface area contributed by atoms with Gasteiger partial charge in [0.1, 0.15) is 0 Å². The lowest BCUT2D eigenvalue weighted by Crippen LogP contribution is -2.33. The first kappa shape index (κ1) is 21.3. The zero-order chi connectivity index (χ0) is 19.9. The largest absolute Gasteiger partial charge is 0.337 e. The lowest BCUT2D eigenvalue weighted by Gasteiger charge is -2.31. The molecule has 2 aromatic rings. The fourth-order valence-corrected chi connectivity index (χ4v) is 6.36. The van der Waals surface area contributed by atoms with Crippen LogP contribution in [0.15, 0.2) is 53.6 Å². The van der Waals surface area contributed by atoms with Crippen molar-refractivity contribution in [2.75, 3.05) is 12.8 Å². The molecule has 0 bridgehead atoms. The second kappa shape index (κ2) is 10.4. The van der Waals surface area contributed by atoms with Crippen LogP contribution in [-0.4, -0.2) is 39.1 Å². The van der Waals surface area contributed by atoms with Crippen molar-refractivity contribution in [1.29, 1.82) is 0 Å². The Morgan fingerprint density at radius 2 is 1.86 bits per heavy atom. The van der Waals surface area contributed by atoms with Gasteiger partial charge in [-0.3, -0.25) is 9.78 Å². The summed E-state index contributed by atoms with van der Waals surface area (Å²) in [5.74, 6) is 0.733. The third-order valence-electron chi connectivity index (χ3n) is 5.46. The van der Waals surface area contributed by atoms with Crippen LogP contribution in [0.25, 0.3) is 0 Å². The number of rotatable bonds is 7. The van der Waals surface area contributed by atoms with E-state index >= 15 is 0 Å². The van der Waals surface area contributed by atoms with Gasteiger partial charge in [-0.25, -0.2) is 0 Å². The van der Waals surface area contributed by atoms with Gasteiger partial charge in [-0.2, -0.15) is 0 Å². The van der Waals surface area contributed by atoms with E-state index in [0.717, 1.165) is 5.69 Å². The van der Waals surface area contributed by atoms with E-state index in [1.54, 1.807) is 6.20 Å². The summed E-state index contributed by atoms with van der Waals surface area (Å²) < 4.78 is 0. The number of aromatic nitrogens is 1. The quantitative estimate of drug-likeness (QED) is 0.578. The molecule has 1 heterocycles. The Balaban J connectivity index is 1.55. The summed E-state index contributed by atoms with van der Waals surface area (Å²) in [6, 6.07) is 14.7. The molecule has 1 aliphatic carbocycles. The standard InChI is InChI=1S/C23H30N2OS2/c1-17-11-13-19(14-12-17)28-22-10-5-4-9-21(22)27-16-23(26)25(3)18(2)20-8-6-7-15-24-20/h6-8,11-15,18,21-22H,4-5,9-10,16H2,1-3H3. The van der Waals surface area contributed by atoms with Crippen LogP contribution in [0.3, 0.4) is 0 Å². The van der Waals surface area contributed by atoms with Crippen molar-refractivity contribution in [3.05, 3.63) is 59.9 Å². The number of amides is 1. The number of benzene rings is 1. The minimum atomic E-state index is -0.00149. The molecule has 3 unspecified atom stereocenters. The van der Waals surface area contributed by atoms with Crippen LogP contribution in [0.4, 0.5) is 0 Å². The third kappa shape index (κ3) is 5.77. The summed E-state index contributed by atoms with van der Waals surface area (Å²) >= 11 is 3.83. The maximum Gasteiger partial charge on any atom is 0.232 e. The van der Waals surface area contributed by atoms with E-state index in [0.29, 0.717) is 16.3 Å². The van der Waals surface area contributed by atoms with E-state index in [2.05, 4.69) is 36.2 Å². The van der Waals surface area contributed by atoms with Crippen molar-refractivity contribution in [2.24, 2.45) is 0 Å². The second-order valence-corrected chi connectivity index (χ2v) is 10.1. The molecule has 3 atom stereocenters. The highest BCUT2D eigenvalue weighted by Crippen LogP contribution is 2.39. The molecule has 1 fully saturated rings. The summed E-state index contributed by atoms with van der Waals surface area (Å²) in [5, 5.41) is 1.13. The zero-order valence-electron chi connectivity index (χ0n) is 17.0. The van der Waals surface area contributed by atoms with Crippen molar-refractivity contribution in [3.63, 3.8) is 0 Å². The molecule has 1 aromatic heterocycles. The first-order valence-electron chi connectivity index (χ1n) is 10.1. The molecule has 3 rings (SSSR count). The van der Waals surface area contributed by atoms with Crippen LogP contribution in [0.5, 0.6) is 0 Å². The maximum absolute atomic E-state index is 12.8. The number of pyridine rings is 1. The molecule has 0 aliphatic heterocycles. The highest BCUT2D eigenvalue weighted by molar-refractivity contribution is 8.04. The van der Waals surface area contributed by atoms with Gasteiger partial charge in [0.15, 0.2) is 0 Å². The Morgan fingerprint density at radius 3 is 2.54 bits per heavy atom. The normalized spacial score (nSPS) is 20.5. The van der Waals surface area contributed by atoms with Crippen LogP contribution < -0.4 is 0 Å². The molecule has 5 heteroatoms. The average Bonchev–Trinajstić information content (AvgIpc) is 2.74. The fourth-order valence-electron chi connectivity index (χ4n) is 3.50. The minimum Gasteiger partial charge on any atom is -0.337 e. The summed E-state index contributed by atoms with van der Waals surface area (Å²) in [7, 11) is 1.89. The van der Waals surface area contributed by atoms with Gasteiger partial charge in [0.25, 0.3) is 0 Å². The Hall–Kier alpha value is -1.46. The minimum absolute atomic E-state index is 0.00149. The van der Waals surface area contributed by atoms with E-state index in [4.69, 9.17) is 0 Å². The van der Waals surface area contributed by atoms with E-state index < -0.39 is 0 Å². The number of thioether (sulfide) groups is 2. The molecule has 3 nitrogen and oxygen atoms in total. The van der Waals surface area contributed by atoms with Gasteiger partial charge in [0.2, 0.25) is 5.91 Å². The van der Waals surface area contributed by atoms with Crippen LogP contribution in [-0.2, 0) is 4.79 Å². The van der Waals surface area contributed by atoms with E-state index in [-0.39, 0.29) is 11.9 Å². The molecule has 0 radical (unpaired) electrons. The lowest BCUT2D eigenvalue weighted by atomic mass is 10.00. The number of aryl methyl sites for hydroxylation is 1. The number of hydrogen-bond acceptors (Lipinski definition) is 4. The highest BCUT2D eigenvalue weighted by atomic mass is 32.2. The second-order valence-electron chi connectivity index (χ2n) is 7.54. The number of hydrogen-bond donors (Lipinski definition) is 0. The van der Waals surface area contributed by atoms with Gasteiger partial charge in [-0.05, 0) is 51.0 Å². The van der Waals surface area contributed by atoms with Crippen LogP contribution in [0, 0.1) is 6.92 Å². The zero-order valence-corrected chi connectivity index (χ0v) is 18.6. The lowest BCUT2D eigenvalue weighted by molar-refractivity contribution is -0.129. The van der Waals surface area contributed by atoms with Gasteiger partial charge >= 0.3 is 0 Å². The first-order chi connectivity index (χ1) is 13.5. The molecule has 28 heavy (non-hydrogen) atoms. The maximum atomic E-state index is 12.8. The summed E-state index contributed by atoms with van der Waals surface area (Å²) in [5.41, 5.74) is 2.24. The van der Waals surface area contributed by atoms with Gasteiger partial charge in [-0.15, -0.1) is 23.5 Å². The molecular weight excluding hydrogens is 384 g/mol. The van der Waals surface area contributed by atoms with Gasteiger partial charge < -0.3 is 4.90 Å². The van der Waals surface area contributed by atoms with Gasteiger partial charge in [0.05, 0.1) is 17.5 Å². The highest BCUT2D eigenvalue weighted by Gasteiger charge is 2.28. The molecule has 1 aromatic carbocycles. The van der Waals surface area contributed by atoms with Crippen LogP contribution in [0.2, 0.25) is 0 Å². The Bertz CT molecular complexity index is 751. The van der Waals surface area contributed by atoms with Crippen molar-refractivity contribution >= 4 is 29.4 Å². The van der Waals surface area contributed by atoms with E-state index in [1.807, 2.05) is 60.6 Å². The predicted molar refractivity (Wildman–Crippen MR) is 121 cm³/mol. The monoisotopic (exact) mass is 414 g/mol. The first-order valence-corrected chi connectivity index (χ1v) is 12.0. The molecule has 150 valence electrons. The third-order valence-corrected chi connectivity index (χ3v) is 8.45. The smallest absolute Gasteiger partial charge is 0.232 e. The molecule has 0 saturated heterocycles.